The highest BCUT2D eigenvalue weighted by Crippen LogP contribution is 2.30. The molecule has 0 aliphatic carbocycles. The Balaban J connectivity index is 1.80. The third-order valence-electron chi connectivity index (χ3n) is 3.51. The van der Waals surface area contributed by atoms with E-state index in [1.54, 1.807) is 0 Å². The van der Waals surface area contributed by atoms with Gasteiger partial charge >= 0.3 is 6.18 Å². The topological polar surface area (TPSA) is 62.2 Å². The standard InChI is InChI=1S/C14H11F4N5O/c15-10-6-19-8-21-13(10)22-3-4-23(12(24)7-22)9-1-2-20-11(5-9)14(16,17)18/h1-2,5-6,8H,3-4,7H2. The zero-order valence-corrected chi connectivity index (χ0v) is 12.2. The van der Waals surface area contributed by atoms with Crippen LogP contribution in [-0.2, 0) is 11.0 Å². The first-order chi connectivity index (χ1) is 11.4. The highest BCUT2D eigenvalue weighted by Gasteiger charge is 2.34. The minimum absolute atomic E-state index is 0.0105. The van der Waals surface area contributed by atoms with Crippen LogP contribution >= 0.6 is 0 Å². The Morgan fingerprint density at radius 1 is 1.17 bits per heavy atom. The van der Waals surface area contributed by atoms with Gasteiger partial charge < -0.3 is 9.80 Å². The highest BCUT2D eigenvalue weighted by molar-refractivity contribution is 5.97. The summed E-state index contributed by atoms with van der Waals surface area (Å²) in [7, 11) is 0. The van der Waals surface area contributed by atoms with E-state index in [2.05, 4.69) is 15.0 Å². The first kappa shape index (κ1) is 16.1. The molecule has 0 unspecified atom stereocenters. The van der Waals surface area contributed by atoms with E-state index in [1.807, 2.05) is 0 Å². The molecule has 1 fully saturated rings. The molecule has 6 nitrogen and oxygen atoms in total. The lowest BCUT2D eigenvalue weighted by Gasteiger charge is -2.35. The number of nitrogens with zero attached hydrogens (tertiary/aromatic N) is 5. The van der Waals surface area contributed by atoms with E-state index in [1.165, 1.54) is 15.9 Å². The van der Waals surface area contributed by atoms with Crippen LogP contribution in [0, 0.1) is 5.82 Å². The van der Waals surface area contributed by atoms with Crippen LogP contribution in [0.2, 0.25) is 0 Å². The van der Waals surface area contributed by atoms with Crippen LogP contribution in [0.25, 0.3) is 0 Å². The van der Waals surface area contributed by atoms with Crippen LogP contribution in [0.15, 0.2) is 30.9 Å². The number of rotatable bonds is 2. The maximum Gasteiger partial charge on any atom is 0.433 e. The zero-order valence-electron chi connectivity index (χ0n) is 12.2. The van der Waals surface area contributed by atoms with Gasteiger partial charge in [-0.05, 0) is 12.1 Å². The molecular formula is C14H11F4N5O. The van der Waals surface area contributed by atoms with Gasteiger partial charge in [0.1, 0.15) is 12.0 Å². The van der Waals surface area contributed by atoms with Crippen LogP contribution < -0.4 is 9.80 Å². The summed E-state index contributed by atoms with van der Waals surface area (Å²) < 4.78 is 51.9. The van der Waals surface area contributed by atoms with E-state index in [0.29, 0.717) is 0 Å². The summed E-state index contributed by atoms with van der Waals surface area (Å²) in [5, 5.41) is 0. The minimum Gasteiger partial charge on any atom is -0.343 e. The molecule has 0 radical (unpaired) electrons. The molecule has 3 rings (SSSR count). The third kappa shape index (κ3) is 3.12. The number of carbonyl (C=O) groups is 1. The van der Waals surface area contributed by atoms with Crippen molar-refractivity contribution in [2.24, 2.45) is 0 Å². The Morgan fingerprint density at radius 2 is 1.96 bits per heavy atom. The molecule has 1 aliphatic rings. The first-order valence-corrected chi connectivity index (χ1v) is 6.90. The van der Waals surface area contributed by atoms with Crippen LogP contribution in [0.3, 0.4) is 0 Å². The van der Waals surface area contributed by atoms with Gasteiger partial charge in [0.05, 0.1) is 12.7 Å². The normalized spacial score (nSPS) is 15.8. The number of hydrogen-bond donors (Lipinski definition) is 0. The Labute approximate surface area is 133 Å². The average molecular weight is 341 g/mol. The number of carbonyl (C=O) groups excluding carboxylic acids is 1. The largest absolute Gasteiger partial charge is 0.433 e. The molecule has 3 heterocycles. The van der Waals surface area contributed by atoms with Gasteiger partial charge in [-0.3, -0.25) is 9.78 Å². The first-order valence-electron chi connectivity index (χ1n) is 6.90. The molecule has 126 valence electrons. The molecule has 2 aromatic rings. The van der Waals surface area contributed by atoms with Crippen molar-refractivity contribution in [3.05, 3.63) is 42.4 Å². The Kier molecular flexibility index (Phi) is 4.04. The lowest BCUT2D eigenvalue weighted by molar-refractivity contribution is -0.141. The van der Waals surface area contributed by atoms with Gasteiger partial charge in [-0.2, -0.15) is 13.2 Å². The summed E-state index contributed by atoms with van der Waals surface area (Å²) in [5.41, 5.74) is -0.970. The van der Waals surface area contributed by atoms with Crippen LogP contribution in [0.4, 0.5) is 29.1 Å². The number of pyridine rings is 1. The fraction of sp³-hybridized carbons (Fsp3) is 0.286. The van der Waals surface area contributed by atoms with Gasteiger partial charge in [-0.25, -0.2) is 14.4 Å². The second-order valence-electron chi connectivity index (χ2n) is 5.06. The van der Waals surface area contributed by atoms with Crippen molar-refractivity contribution in [2.45, 2.75) is 6.18 Å². The third-order valence-corrected chi connectivity index (χ3v) is 3.51. The molecule has 2 aromatic heterocycles. The molecule has 0 aromatic carbocycles. The SMILES string of the molecule is O=C1CN(c2ncncc2F)CCN1c1ccnc(C(F)(F)F)c1. The summed E-state index contributed by atoms with van der Waals surface area (Å²) in [4.78, 5) is 25.5. The van der Waals surface area contributed by atoms with E-state index in [9.17, 15) is 22.4 Å². The van der Waals surface area contributed by atoms with E-state index in [0.717, 1.165) is 24.8 Å². The number of piperazine rings is 1. The maximum atomic E-state index is 13.7. The van der Waals surface area contributed by atoms with Crippen molar-refractivity contribution in [1.29, 1.82) is 0 Å². The summed E-state index contributed by atoms with van der Waals surface area (Å²) in [6.07, 6.45) is -1.45. The number of halogens is 4. The van der Waals surface area contributed by atoms with E-state index in [-0.39, 0.29) is 31.1 Å². The Bertz CT molecular complexity index is 767. The van der Waals surface area contributed by atoms with Crippen molar-refractivity contribution in [3.63, 3.8) is 0 Å². The van der Waals surface area contributed by atoms with Gasteiger partial charge in [0.2, 0.25) is 5.91 Å². The van der Waals surface area contributed by atoms with Crippen molar-refractivity contribution >= 4 is 17.4 Å². The summed E-state index contributed by atoms with van der Waals surface area (Å²) in [6.45, 7) is 0.130. The molecule has 0 atom stereocenters. The molecule has 0 N–H and O–H groups in total. The van der Waals surface area contributed by atoms with E-state index in [4.69, 9.17) is 0 Å². The summed E-state index contributed by atoms with van der Waals surface area (Å²) in [6, 6.07) is 2.15. The van der Waals surface area contributed by atoms with E-state index < -0.39 is 23.6 Å². The predicted octanol–water partition coefficient (Wildman–Crippen LogP) is 1.88. The van der Waals surface area contributed by atoms with Gasteiger partial charge in [0, 0.05) is 25.0 Å². The van der Waals surface area contributed by atoms with Crippen LogP contribution in [-0.4, -0.2) is 40.5 Å². The van der Waals surface area contributed by atoms with Crippen molar-refractivity contribution in [1.82, 2.24) is 15.0 Å². The molecular weight excluding hydrogens is 330 g/mol. The lowest BCUT2D eigenvalue weighted by Crippen LogP contribution is -2.51. The quantitative estimate of drug-likeness (QED) is 0.781. The number of alkyl halides is 3. The molecule has 10 heteroatoms. The number of anilines is 2. The molecule has 1 amide bonds. The molecule has 0 spiro atoms. The second-order valence-corrected chi connectivity index (χ2v) is 5.06. The summed E-state index contributed by atoms with van der Waals surface area (Å²) >= 11 is 0. The molecule has 0 saturated carbocycles. The fourth-order valence-corrected chi connectivity index (χ4v) is 2.41. The van der Waals surface area contributed by atoms with Gasteiger partial charge in [0.15, 0.2) is 11.6 Å². The van der Waals surface area contributed by atoms with Crippen molar-refractivity contribution in [3.8, 4) is 0 Å². The predicted molar refractivity (Wildman–Crippen MR) is 75.8 cm³/mol. The minimum atomic E-state index is -4.59. The number of hydrogen-bond acceptors (Lipinski definition) is 5. The van der Waals surface area contributed by atoms with Crippen LogP contribution in [0.5, 0.6) is 0 Å². The van der Waals surface area contributed by atoms with Gasteiger partial charge in [-0.1, -0.05) is 0 Å². The van der Waals surface area contributed by atoms with Crippen LogP contribution in [0.1, 0.15) is 5.69 Å². The monoisotopic (exact) mass is 341 g/mol. The van der Waals surface area contributed by atoms with Gasteiger partial charge in [-0.15, -0.1) is 0 Å². The molecule has 24 heavy (non-hydrogen) atoms. The van der Waals surface area contributed by atoms with E-state index >= 15 is 0 Å². The number of amides is 1. The Hall–Kier alpha value is -2.78. The molecule has 0 bridgehead atoms. The highest BCUT2D eigenvalue weighted by atomic mass is 19.4. The fourth-order valence-electron chi connectivity index (χ4n) is 2.41. The van der Waals surface area contributed by atoms with Crippen molar-refractivity contribution < 1.29 is 22.4 Å². The summed E-state index contributed by atoms with van der Waals surface area (Å²) in [5.74, 6) is -1.13. The lowest BCUT2D eigenvalue weighted by atomic mass is 10.2. The smallest absolute Gasteiger partial charge is 0.343 e. The zero-order chi connectivity index (χ0) is 17.3. The molecule has 1 saturated heterocycles. The second kappa shape index (κ2) is 6.02. The number of aromatic nitrogens is 3. The Morgan fingerprint density at radius 3 is 2.62 bits per heavy atom. The van der Waals surface area contributed by atoms with Crippen molar-refractivity contribution in [2.75, 3.05) is 29.4 Å². The van der Waals surface area contributed by atoms with Gasteiger partial charge in [0.25, 0.3) is 0 Å². The average Bonchev–Trinajstić information content (AvgIpc) is 2.54. The maximum absolute atomic E-state index is 13.7. The molecule has 1 aliphatic heterocycles.